The summed E-state index contributed by atoms with van der Waals surface area (Å²) in [5.74, 6) is 0.399. The maximum absolute atomic E-state index is 5.95. The van der Waals surface area contributed by atoms with Gasteiger partial charge in [-0.1, -0.05) is 47.5 Å². The van der Waals surface area contributed by atoms with E-state index in [0.29, 0.717) is 24.2 Å². The molecule has 2 aromatic rings. The van der Waals surface area contributed by atoms with Gasteiger partial charge in [-0.2, -0.15) is 9.97 Å². The van der Waals surface area contributed by atoms with Crippen LogP contribution in [-0.4, -0.2) is 16.6 Å². The highest BCUT2D eigenvalue weighted by atomic mass is 35.5. The van der Waals surface area contributed by atoms with Crippen molar-refractivity contribution >= 4 is 11.6 Å². The van der Waals surface area contributed by atoms with Crippen molar-refractivity contribution < 1.29 is 9.47 Å². The second kappa shape index (κ2) is 7.64. The van der Waals surface area contributed by atoms with Gasteiger partial charge in [-0.25, -0.2) is 0 Å². The van der Waals surface area contributed by atoms with Crippen molar-refractivity contribution in [3.05, 3.63) is 58.8 Å². The van der Waals surface area contributed by atoms with E-state index >= 15 is 0 Å². The molecule has 0 radical (unpaired) electrons. The van der Waals surface area contributed by atoms with Gasteiger partial charge in [-0.05, 0) is 25.5 Å². The molecule has 0 bridgehead atoms. The van der Waals surface area contributed by atoms with Crippen LogP contribution in [0.3, 0.4) is 0 Å². The number of allylic oxidation sites excluding steroid dienone is 1. The van der Waals surface area contributed by atoms with Crippen molar-refractivity contribution in [2.45, 2.75) is 20.5 Å². The Balaban J connectivity index is 1.99. The van der Waals surface area contributed by atoms with Crippen LogP contribution in [-0.2, 0) is 6.61 Å². The molecule has 2 rings (SSSR count). The van der Waals surface area contributed by atoms with E-state index in [1.807, 2.05) is 50.3 Å². The van der Waals surface area contributed by atoms with Crippen LogP contribution in [0, 0.1) is 0 Å². The SMILES string of the molecule is CC(C)=CCOc1cc(Cl)nc(OCc2ccccc2)n1. The van der Waals surface area contributed by atoms with Crippen LogP contribution in [0.2, 0.25) is 5.15 Å². The molecule has 110 valence electrons. The molecular formula is C16H17ClN2O2. The number of hydrogen-bond donors (Lipinski definition) is 0. The van der Waals surface area contributed by atoms with Crippen LogP contribution >= 0.6 is 11.6 Å². The normalized spacial score (nSPS) is 10.0. The number of halogens is 1. The lowest BCUT2D eigenvalue weighted by Gasteiger charge is -2.07. The average Bonchev–Trinajstić information content (AvgIpc) is 2.45. The molecule has 0 fully saturated rings. The largest absolute Gasteiger partial charge is 0.473 e. The molecule has 5 heteroatoms. The molecule has 0 spiro atoms. The van der Waals surface area contributed by atoms with Crippen molar-refractivity contribution in [1.82, 2.24) is 9.97 Å². The lowest BCUT2D eigenvalue weighted by atomic mass is 10.2. The van der Waals surface area contributed by atoms with Gasteiger partial charge in [-0.3, -0.25) is 0 Å². The van der Waals surface area contributed by atoms with Crippen LogP contribution in [0.5, 0.6) is 11.9 Å². The van der Waals surface area contributed by atoms with E-state index < -0.39 is 0 Å². The Morgan fingerprint density at radius 1 is 1.14 bits per heavy atom. The summed E-state index contributed by atoms with van der Waals surface area (Å²) in [6.45, 7) is 4.83. The van der Waals surface area contributed by atoms with Gasteiger partial charge >= 0.3 is 6.01 Å². The zero-order valence-electron chi connectivity index (χ0n) is 12.0. The van der Waals surface area contributed by atoms with E-state index in [1.165, 1.54) is 5.57 Å². The molecule has 1 aromatic heterocycles. The summed E-state index contributed by atoms with van der Waals surface area (Å²) in [4.78, 5) is 8.21. The van der Waals surface area contributed by atoms with Gasteiger partial charge in [0.05, 0.1) is 0 Å². The molecule has 0 aliphatic heterocycles. The van der Waals surface area contributed by atoms with Crippen molar-refractivity contribution in [2.24, 2.45) is 0 Å². The fourth-order valence-corrected chi connectivity index (χ4v) is 1.70. The van der Waals surface area contributed by atoms with Crippen LogP contribution in [0.15, 0.2) is 48.0 Å². The summed E-state index contributed by atoms with van der Waals surface area (Å²) < 4.78 is 11.0. The second-order valence-corrected chi connectivity index (χ2v) is 5.07. The second-order valence-electron chi connectivity index (χ2n) is 4.68. The zero-order chi connectivity index (χ0) is 15.1. The molecule has 0 N–H and O–H groups in total. The summed E-state index contributed by atoms with van der Waals surface area (Å²) in [5, 5.41) is 0.292. The van der Waals surface area contributed by atoms with Crippen LogP contribution in [0.1, 0.15) is 19.4 Å². The first-order chi connectivity index (χ1) is 10.1. The van der Waals surface area contributed by atoms with E-state index in [0.717, 1.165) is 5.56 Å². The minimum atomic E-state index is 0.207. The van der Waals surface area contributed by atoms with E-state index in [9.17, 15) is 0 Å². The highest BCUT2D eigenvalue weighted by Gasteiger charge is 2.05. The maximum Gasteiger partial charge on any atom is 0.321 e. The fourth-order valence-electron chi connectivity index (χ4n) is 1.53. The zero-order valence-corrected chi connectivity index (χ0v) is 12.8. The van der Waals surface area contributed by atoms with E-state index in [1.54, 1.807) is 6.07 Å². The number of rotatable bonds is 6. The van der Waals surface area contributed by atoms with Gasteiger partial charge < -0.3 is 9.47 Å². The van der Waals surface area contributed by atoms with Gasteiger partial charge in [0.15, 0.2) is 0 Å². The molecule has 21 heavy (non-hydrogen) atoms. The van der Waals surface area contributed by atoms with Gasteiger partial charge in [0.2, 0.25) is 5.88 Å². The molecule has 0 saturated heterocycles. The molecular weight excluding hydrogens is 288 g/mol. The molecule has 1 heterocycles. The fraction of sp³-hybridized carbons (Fsp3) is 0.250. The molecule has 0 amide bonds. The highest BCUT2D eigenvalue weighted by Crippen LogP contribution is 2.18. The minimum absolute atomic E-state index is 0.207. The first kappa shape index (κ1) is 15.3. The first-order valence-electron chi connectivity index (χ1n) is 6.61. The molecule has 4 nitrogen and oxygen atoms in total. The maximum atomic E-state index is 5.95. The Hall–Kier alpha value is -2.07. The number of nitrogens with zero attached hydrogens (tertiary/aromatic N) is 2. The Morgan fingerprint density at radius 3 is 2.62 bits per heavy atom. The smallest absolute Gasteiger partial charge is 0.321 e. The Morgan fingerprint density at radius 2 is 1.90 bits per heavy atom. The minimum Gasteiger partial charge on any atom is -0.473 e. The Kier molecular flexibility index (Phi) is 5.58. The summed E-state index contributed by atoms with van der Waals surface area (Å²) in [6.07, 6.45) is 1.96. The third kappa shape index (κ3) is 5.44. The quantitative estimate of drug-likeness (QED) is 0.596. The third-order valence-corrected chi connectivity index (χ3v) is 2.78. The molecule has 0 unspecified atom stereocenters. The predicted octanol–water partition coefficient (Wildman–Crippen LogP) is 4.05. The van der Waals surface area contributed by atoms with Crippen molar-refractivity contribution in [3.8, 4) is 11.9 Å². The average molecular weight is 305 g/mol. The summed E-state index contributed by atoms with van der Waals surface area (Å²) in [6, 6.07) is 11.6. The predicted molar refractivity (Wildman–Crippen MR) is 82.7 cm³/mol. The highest BCUT2D eigenvalue weighted by molar-refractivity contribution is 6.29. The van der Waals surface area contributed by atoms with Crippen LogP contribution in [0.25, 0.3) is 0 Å². The molecule has 0 saturated carbocycles. The number of hydrogen-bond acceptors (Lipinski definition) is 4. The number of aromatic nitrogens is 2. The van der Waals surface area contributed by atoms with E-state index in [4.69, 9.17) is 21.1 Å². The van der Waals surface area contributed by atoms with Crippen molar-refractivity contribution in [2.75, 3.05) is 6.61 Å². The monoisotopic (exact) mass is 304 g/mol. The molecule has 0 aliphatic carbocycles. The van der Waals surface area contributed by atoms with Crippen molar-refractivity contribution in [1.29, 1.82) is 0 Å². The Labute approximate surface area is 129 Å². The topological polar surface area (TPSA) is 44.2 Å². The van der Waals surface area contributed by atoms with Gasteiger partial charge in [0.1, 0.15) is 18.4 Å². The summed E-state index contributed by atoms with van der Waals surface area (Å²) >= 11 is 5.95. The van der Waals surface area contributed by atoms with Gasteiger partial charge in [-0.15, -0.1) is 0 Å². The van der Waals surface area contributed by atoms with Crippen LogP contribution < -0.4 is 9.47 Å². The Bertz CT molecular complexity index is 611. The van der Waals surface area contributed by atoms with E-state index in [-0.39, 0.29) is 6.01 Å². The summed E-state index contributed by atoms with van der Waals surface area (Å²) in [7, 11) is 0. The lowest BCUT2D eigenvalue weighted by Crippen LogP contribution is -2.02. The third-order valence-electron chi connectivity index (χ3n) is 2.58. The standard InChI is InChI=1S/C16H17ClN2O2/c1-12(2)8-9-20-15-10-14(17)18-16(19-15)21-11-13-6-4-3-5-7-13/h3-8,10H,9,11H2,1-2H3. The number of benzene rings is 1. The van der Waals surface area contributed by atoms with Gasteiger partial charge in [0.25, 0.3) is 0 Å². The molecule has 1 aromatic carbocycles. The van der Waals surface area contributed by atoms with Gasteiger partial charge in [0, 0.05) is 6.07 Å². The molecule has 0 aliphatic rings. The van der Waals surface area contributed by atoms with Crippen molar-refractivity contribution in [3.63, 3.8) is 0 Å². The lowest BCUT2D eigenvalue weighted by molar-refractivity contribution is 0.270. The van der Waals surface area contributed by atoms with Crippen LogP contribution in [0.4, 0.5) is 0 Å². The first-order valence-corrected chi connectivity index (χ1v) is 6.99. The number of ether oxygens (including phenoxy) is 2. The summed E-state index contributed by atoms with van der Waals surface area (Å²) in [5.41, 5.74) is 2.21. The molecule has 0 atom stereocenters. The van der Waals surface area contributed by atoms with E-state index in [2.05, 4.69) is 9.97 Å².